The summed E-state index contributed by atoms with van der Waals surface area (Å²) in [4.78, 5) is 10.0. The molecule has 0 rings (SSSR count). The molecule has 0 saturated heterocycles. The van der Waals surface area contributed by atoms with Gasteiger partial charge in [0, 0.05) is 6.04 Å². The Morgan fingerprint density at radius 2 is 2.00 bits per heavy atom. The molecule has 2 atom stereocenters. The largest absolute Gasteiger partial charge is 0.481 e. The van der Waals surface area contributed by atoms with Crippen molar-refractivity contribution in [3.8, 4) is 0 Å². The highest BCUT2D eigenvalue weighted by Crippen LogP contribution is 2.30. The molecule has 0 heterocycles. The molecule has 0 bridgehead atoms. The number of carbonyl (C=O) groups is 1. The molecular weight excluding hydrogens is 175 g/mol. The van der Waals surface area contributed by atoms with Crippen LogP contribution in [0.4, 0.5) is 13.2 Å². The van der Waals surface area contributed by atoms with Gasteiger partial charge in [-0.2, -0.15) is 13.2 Å². The Morgan fingerprint density at radius 1 is 1.58 bits per heavy atom. The summed E-state index contributed by atoms with van der Waals surface area (Å²) < 4.78 is 36.0. The van der Waals surface area contributed by atoms with Gasteiger partial charge in [-0.05, 0) is 6.92 Å². The molecule has 0 radical (unpaired) electrons. The van der Waals surface area contributed by atoms with Crippen LogP contribution in [0.1, 0.15) is 13.3 Å². The quantitative estimate of drug-likeness (QED) is 0.689. The average Bonchev–Trinajstić information content (AvgIpc) is 1.79. The van der Waals surface area contributed by atoms with Crippen LogP contribution < -0.4 is 5.73 Å². The first-order chi connectivity index (χ1) is 5.25. The molecule has 0 saturated carbocycles. The number of aliphatic carboxylic acids is 1. The van der Waals surface area contributed by atoms with Crippen molar-refractivity contribution in [3.05, 3.63) is 0 Å². The molecule has 3 nitrogen and oxygen atoms in total. The van der Waals surface area contributed by atoms with Crippen molar-refractivity contribution in [2.75, 3.05) is 0 Å². The van der Waals surface area contributed by atoms with E-state index in [2.05, 4.69) is 0 Å². The van der Waals surface area contributed by atoms with E-state index in [-0.39, 0.29) is 0 Å². The monoisotopic (exact) mass is 185 g/mol. The normalized spacial score (nSPS) is 17.1. The maximum absolute atomic E-state index is 12.0. The molecule has 2 unspecified atom stereocenters. The van der Waals surface area contributed by atoms with Gasteiger partial charge in [-0.15, -0.1) is 0 Å². The standard InChI is InChI=1S/C6H10F3NO2/c1-3(10)4(2-5(11)12)6(7,8)9/h3-4H,2,10H2,1H3,(H,11,12). The Bertz CT molecular complexity index is 167. The summed E-state index contributed by atoms with van der Waals surface area (Å²) in [5, 5.41) is 8.14. The van der Waals surface area contributed by atoms with Crippen LogP contribution in [-0.4, -0.2) is 23.3 Å². The lowest BCUT2D eigenvalue weighted by Crippen LogP contribution is -2.39. The van der Waals surface area contributed by atoms with E-state index >= 15 is 0 Å². The summed E-state index contributed by atoms with van der Waals surface area (Å²) in [6.45, 7) is 1.14. The zero-order chi connectivity index (χ0) is 9.94. The molecule has 0 fully saturated rings. The molecule has 0 aromatic heterocycles. The fourth-order valence-electron chi connectivity index (χ4n) is 0.788. The second-order valence-electron chi connectivity index (χ2n) is 2.61. The molecule has 0 amide bonds. The third-order valence-corrected chi connectivity index (χ3v) is 1.45. The predicted octanol–water partition coefficient (Wildman–Crippen LogP) is 0.987. The van der Waals surface area contributed by atoms with Gasteiger partial charge in [0.25, 0.3) is 0 Å². The van der Waals surface area contributed by atoms with Gasteiger partial charge < -0.3 is 10.8 Å². The Kier molecular flexibility index (Phi) is 3.51. The van der Waals surface area contributed by atoms with Crippen molar-refractivity contribution in [1.29, 1.82) is 0 Å². The Labute approximate surface area is 67.4 Å². The smallest absolute Gasteiger partial charge is 0.393 e. The summed E-state index contributed by atoms with van der Waals surface area (Å²) >= 11 is 0. The van der Waals surface area contributed by atoms with Crippen LogP contribution in [0, 0.1) is 5.92 Å². The molecule has 12 heavy (non-hydrogen) atoms. The molecule has 0 aliphatic rings. The van der Waals surface area contributed by atoms with E-state index in [1.165, 1.54) is 0 Å². The zero-order valence-electron chi connectivity index (χ0n) is 6.43. The second-order valence-corrected chi connectivity index (χ2v) is 2.61. The molecule has 72 valence electrons. The highest BCUT2D eigenvalue weighted by atomic mass is 19.4. The van der Waals surface area contributed by atoms with Gasteiger partial charge in [0.2, 0.25) is 0 Å². The number of nitrogens with two attached hydrogens (primary N) is 1. The topological polar surface area (TPSA) is 63.3 Å². The van der Waals surface area contributed by atoms with Gasteiger partial charge in [0.05, 0.1) is 12.3 Å². The van der Waals surface area contributed by atoms with E-state index in [1.807, 2.05) is 0 Å². The number of carboxylic acids is 1. The predicted molar refractivity (Wildman–Crippen MR) is 35.4 cm³/mol. The highest BCUT2D eigenvalue weighted by Gasteiger charge is 2.43. The number of hydrogen-bond acceptors (Lipinski definition) is 2. The van der Waals surface area contributed by atoms with Gasteiger partial charge in [-0.25, -0.2) is 0 Å². The average molecular weight is 185 g/mol. The van der Waals surface area contributed by atoms with Gasteiger partial charge in [0.15, 0.2) is 0 Å². The minimum Gasteiger partial charge on any atom is -0.481 e. The maximum Gasteiger partial charge on any atom is 0.393 e. The third kappa shape index (κ3) is 3.56. The van der Waals surface area contributed by atoms with E-state index in [1.54, 1.807) is 0 Å². The van der Waals surface area contributed by atoms with Crippen LogP contribution >= 0.6 is 0 Å². The first-order valence-electron chi connectivity index (χ1n) is 3.29. The van der Waals surface area contributed by atoms with E-state index in [0.29, 0.717) is 0 Å². The summed E-state index contributed by atoms with van der Waals surface area (Å²) in [6, 6.07) is -1.19. The van der Waals surface area contributed by atoms with E-state index in [9.17, 15) is 18.0 Å². The van der Waals surface area contributed by atoms with Crippen molar-refractivity contribution in [2.45, 2.75) is 25.6 Å². The number of halogens is 3. The van der Waals surface area contributed by atoms with Gasteiger partial charge in [-0.3, -0.25) is 4.79 Å². The molecule has 0 spiro atoms. The molecule has 0 aromatic rings. The molecule has 6 heteroatoms. The third-order valence-electron chi connectivity index (χ3n) is 1.45. The second kappa shape index (κ2) is 3.75. The van der Waals surface area contributed by atoms with Crippen LogP contribution in [0.25, 0.3) is 0 Å². The molecular formula is C6H10F3NO2. The van der Waals surface area contributed by atoms with Crippen molar-refractivity contribution in [1.82, 2.24) is 0 Å². The van der Waals surface area contributed by atoms with E-state index in [0.717, 1.165) is 6.92 Å². The number of rotatable bonds is 3. The fourth-order valence-corrected chi connectivity index (χ4v) is 0.788. The highest BCUT2D eigenvalue weighted by molar-refractivity contribution is 5.67. The maximum atomic E-state index is 12.0. The Morgan fingerprint density at radius 3 is 2.08 bits per heavy atom. The van der Waals surface area contributed by atoms with Crippen LogP contribution in [-0.2, 0) is 4.79 Å². The summed E-state index contributed by atoms with van der Waals surface area (Å²) in [5.74, 6) is -3.45. The minimum atomic E-state index is -4.54. The minimum absolute atomic E-state index is 0.971. The molecule has 0 aliphatic heterocycles. The van der Waals surface area contributed by atoms with Gasteiger partial charge in [-0.1, -0.05) is 0 Å². The number of carboxylic acid groups (broad SMARTS) is 1. The van der Waals surface area contributed by atoms with Crippen molar-refractivity contribution in [3.63, 3.8) is 0 Å². The summed E-state index contributed by atoms with van der Waals surface area (Å²) in [6.07, 6.45) is -5.51. The SMILES string of the molecule is CC(N)C(CC(=O)O)C(F)(F)F. The lowest BCUT2D eigenvalue weighted by Gasteiger charge is -2.21. The summed E-state index contributed by atoms with van der Waals surface area (Å²) in [7, 11) is 0. The molecule has 3 N–H and O–H groups in total. The van der Waals surface area contributed by atoms with Crippen LogP contribution in [0.15, 0.2) is 0 Å². The van der Waals surface area contributed by atoms with E-state index in [4.69, 9.17) is 10.8 Å². The van der Waals surface area contributed by atoms with Crippen molar-refractivity contribution >= 4 is 5.97 Å². The lowest BCUT2D eigenvalue weighted by molar-refractivity contribution is -0.186. The number of hydrogen-bond donors (Lipinski definition) is 2. The Balaban J connectivity index is 4.35. The van der Waals surface area contributed by atoms with Crippen LogP contribution in [0.5, 0.6) is 0 Å². The van der Waals surface area contributed by atoms with Gasteiger partial charge in [0.1, 0.15) is 0 Å². The van der Waals surface area contributed by atoms with Crippen LogP contribution in [0.3, 0.4) is 0 Å². The summed E-state index contributed by atoms with van der Waals surface area (Å²) in [5.41, 5.74) is 4.99. The lowest BCUT2D eigenvalue weighted by atomic mass is 9.98. The van der Waals surface area contributed by atoms with Crippen molar-refractivity contribution in [2.24, 2.45) is 11.7 Å². The first kappa shape index (κ1) is 11.2. The number of alkyl halides is 3. The zero-order valence-corrected chi connectivity index (χ0v) is 6.43. The van der Waals surface area contributed by atoms with Gasteiger partial charge >= 0.3 is 12.1 Å². The van der Waals surface area contributed by atoms with Crippen molar-refractivity contribution < 1.29 is 23.1 Å². The first-order valence-corrected chi connectivity index (χ1v) is 3.29. The fraction of sp³-hybridized carbons (Fsp3) is 0.833. The Hall–Kier alpha value is -0.780. The molecule has 0 aliphatic carbocycles. The van der Waals surface area contributed by atoms with E-state index < -0.39 is 30.5 Å². The molecule has 0 aromatic carbocycles. The van der Waals surface area contributed by atoms with Crippen LogP contribution in [0.2, 0.25) is 0 Å².